The fourth-order valence-electron chi connectivity index (χ4n) is 4.36. The Hall–Kier alpha value is -1.92. The van der Waals surface area contributed by atoms with E-state index in [0.717, 1.165) is 62.3 Å². The highest BCUT2D eigenvalue weighted by Crippen LogP contribution is 2.30. The second-order valence-corrected chi connectivity index (χ2v) is 7.26. The van der Waals surface area contributed by atoms with Crippen LogP contribution < -0.4 is 5.73 Å². The Morgan fingerprint density at radius 1 is 1.24 bits per heavy atom. The van der Waals surface area contributed by atoms with E-state index in [-0.39, 0.29) is 18.0 Å². The van der Waals surface area contributed by atoms with Crippen molar-refractivity contribution < 1.29 is 9.21 Å². The summed E-state index contributed by atoms with van der Waals surface area (Å²) in [5, 5.41) is 0. The number of oxazole rings is 1. The first-order valence-electron chi connectivity index (χ1n) is 9.28. The fourth-order valence-corrected chi connectivity index (χ4v) is 4.36. The molecule has 2 saturated heterocycles. The van der Waals surface area contributed by atoms with Crippen molar-refractivity contribution >= 4 is 17.0 Å². The van der Waals surface area contributed by atoms with Gasteiger partial charge in [0, 0.05) is 19.1 Å². The van der Waals surface area contributed by atoms with Crippen molar-refractivity contribution in [3.05, 3.63) is 30.2 Å². The summed E-state index contributed by atoms with van der Waals surface area (Å²) in [6.07, 6.45) is 4.12. The van der Waals surface area contributed by atoms with Gasteiger partial charge in [0.25, 0.3) is 0 Å². The summed E-state index contributed by atoms with van der Waals surface area (Å²) in [6.45, 7) is 5.14. The zero-order valence-electron chi connectivity index (χ0n) is 14.7. The van der Waals surface area contributed by atoms with E-state index in [9.17, 15) is 4.79 Å². The van der Waals surface area contributed by atoms with Crippen LogP contribution in [-0.4, -0.2) is 52.4 Å². The average molecular weight is 342 g/mol. The first-order chi connectivity index (χ1) is 12.1. The molecule has 0 unspecified atom stereocenters. The molecule has 4 rings (SSSR count). The molecule has 2 atom stereocenters. The van der Waals surface area contributed by atoms with Crippen molar-refractivity contribution in [3.8, 4) is 0 Å². The van der Waals surface area contributed by atoms with Gasteiger partial charge in [-0.1, -0.05) is 12.1 Å². The van der Waals surface area contributed by atoms with Crippen LogP contribution >= 0.6 is 0 Å². The van der Waals surface area contributed by atoms with Crippen molar-refractivity contribution in [1.29, 1.82) is 0 Å². The monoisotopic (exact) mass is 342 g/mol. The van der Waals surface area contributed by atoms with E-state index in [1.165, 1.54) is 0 Å². The minimum atomic E-state index is -0.167. The predicted octanol–water partition coefficient (Wildman–Crippen LogP) is 2.30. The highest BCUT2D eigenvalue weighted by atomic mass is 16.3. The summed E-state index contributed by atoms with van der Waals surface area (Å²) >= 11 is 0. The van der Waals surface area contributed by atoms with Gasteiger partial charge in [0.05, 0.1) is 12.1 Å². The zero-order valence-corrected chi connectivity index (χ0v) is 14.7. The molecular formula is C19H26N4O2. The molecule has 3 heterocycles. The lowest BCUT2D eigenvalue weighted by molar-refractivity contribution is -0.123. The van der Waals surface area contributed by atoms with Gasteiger partial charge in [0.1, 0.15) is 5.52 Å². The van der Waals surface area contributed by atoms with Crippen molar-refractivity contribution in [3.63, 3.8) is 0 Å². The lowest BCUT2D eigenvalue weighted by Gasteiger charge is -2.40. The van der Waals surface area contributed by atoms with Crippen LogP contribution in [-0.2, 0) is 4.79 Å². The third-order valence-corrected chi connectivity index (χ3v) is 5.81. The number of nitrogens with zero attached hydrogens (tertiary/aromatic N) is 3. The Labute approximate surface area is 148 Å². The topological polar surface area (TPSA) is 75.6 Å². The predicted molar refractivity (Wildman–Crippen MR) is 95.9 cm³/mol. The Kier molecular flexibility index (Phi) is 4.48. The third kappa shape index (κ3) is 3.16. The molecule has 0 radical (unpaired) electrons. The van der Waals surface area contributed by atoms with Crippen molar-refractivity contribution in [2.75, 3.05) is 19.6 Å². The molecule has 1 aromatic carbocycles. The van der Waals surface area contributed by atoms with E-state index in [4.69, 9.17) is 10.2 Å². The van der Waals surface area contributed by atoms with Crippen LogP contribution in [0.25, 0.3) is 11.1 Å². The Morgan fingerprint density at radius 2 is 2.00 bits per heavy atom. The van der Waals surface area contributed by atoms with Gasteiger partial charge in [-0.3, -0.25) is 14.6 Å². The number of para-hydroxylation sites is 2. The quantitative estimate of drug-likeness (QED) is 0.923. The highest BCUT2D eigenvalue weighted by Gasteiger charge is 2.36. The van der Waals surface area contributed by atoms with Gasteiger partial charge in [0.2, 0.25) is 11.8 Å². The highest BCUT2D eigenvalue weighted by molar-refractivity contribution is 5.80. The van der Waals surface area contributed by atoms with Gasteiger partial charge in [-0.25, -0.2) is 4.98 Å². The zero-order chi connectivity index (χ0) is 17.4. The molecule has 2 fully saturated rings. The Bertz CT molecular complexity index is 718. The normalized spacial score (nSPS) is 24.8. The molecule has 2 aliphatic rings. The second kappa shape index (κ2) is 6.77. The third-order valence-electron chi connectivity index (χ3n) is 5.81. The maximum atomic E-state index is 11.6. The molecule has 1 aromatic heterocycles. The second-order valence-electron chi connectivity index (χ2n) is 7.26. The van der Waals surface area contributed by atoms with Crippen LogP contribution in [0.1, 0.15) is 44.5 Å². The van der Waals surface area contributed by atoms with Crippen LogP contribution in [0, 0.1) is 0 Å². The smallest absolute Gasteiger partial charge is 0.234 e. The number of carbonyl (C=O) groups excluding carboxylic acids is 1. The number of benzene rings is 1. The molecule has 134 valence electrons. The number of likely N-dealkylation sites (tertiary alicyclic amines) is 2. The minimum Gasteiger partial charge on any atom is -0.439 e. The molecule has 1 amide bonds. The van der Waals surface area contributed by atoms with Gasteiger partial charge >= 0.3 is 0 Å². The average Bonchev–Trinajstić information content (AvgIpc) is 3.28. The van der Waals surface area contributed by atoms with Gasteiger partial charge in [0.15, 0.2) is 5.58 Å². The Balaban J connectivity index is 1.40. The summed E-state index contributed by atoms with van der Waals surface area (Å²) in [7, 11) is 0. The number of carbonyl (C=O) groups is 1. The lowest BCUT2D eigenvalue weighted by Crippen LogP contribution is -2.50. The summed E-state index contributed by atoms with van der Waals surface area (Å²) in [5.74, 6) is 0.621. The first-order valence-corrected chi connectivity index (χ1v) is 9.28. The van der Waals surface area contributed by atoms with Crippen LogP contribution in [0.3, 0.4) is 0 Å². The number of primary amides is 1. The lowest BCUT2D eigenvalue weighted by atomic mass is 10.0. The summed E-state index contributed by atoms with van der Waals surface area (Å²) < 4.78 is 5.93. The van der Waals surface area contributed by atoms with Gasteiger partial charge in [-0.15, -0.1) is 0 Å². The molecule has 6 heteroatoms. The van der Waals surface area contributed by atoms with E-state index in [1.807, 2.05) is 24.3 Å². The van der Waals surface area contributed by atoms with E-state index in [2.05, 4.69) is 21.7 Å². The molecule has 0 saturated carbocycles. The number of fused-ring (bicyclic) bond motifs is 1. The molecule has 0 bridgehead atoms. The van der Waals surface area contributed by atoms with E-state index in [0.29, 0.717) is 6.04 Å². The SMILES string of the molecule is C[C@@H](c1nc2ccccc2o1)N1CCC(N2CCC[C@H]2C(N)=O)CC1. The molecule has 0 spiro atoms. The molecule has 2 aliphatic heterocycles. The molecule has 25 heavy (non-hydrogen) atoms. The maximum Gasteiger partial charge on any atom is 0.234 e. The van der Waals surface area contributed by atoms with Crippen LogP contribution in [0.2, 0.25) is 0 Å². The first kappa shape index (κ1) is 16.5. The van der Waals surface area contributed by atoms with E-state index >= 15 is 0 Å². The number of hydrogen-bond acceptors (Lipinski definition) is 5. The summed E-state index contributed by atoms with van der Waals surface area (Å²) in [5.41, 5.74) is 7.34. The summed E-state index contributed by atoms with van der Waals surface area (Å²) in [4.78, 5) is 21.1. The maximum absolute atomic E-state index is 11.6. The van der Waals surface area contributed by atoms with Gasteiger partial charge in [-0.2, -0.15) is 0 Å². The number of rotatable bonds is 4. The van der Waals surface area contributed by atoms with E-state index in [1.54, 1.807) is 0 Å². The van der Waals surface area contributed by atoms with Crippen molar-refractivity contribution in [2.24, 2.45) is 5.73 Å². The largest absolute Gasteiger partial charge is 0.439 e. The molecule has 0 aliphatic carbocycles. The molecule has 6 nitrogen and oxygen atoms in total. The number of piperidine rings is 1. The van der Waals surface area contributed by atoms with Crippen LogP contribution in [0.4, 0.5) is 0 Å². The van der Waals surface area contributed by atoms with Crippen LogP contribution in [0.15, 0.2) is 28.7 Å². The van der Waals surface area contributed by atoms with Gasteiger partial charge < -0.3 is 10.2 Å². The van der Waals surface area contributed by atoms with Crippen molar-refractivity contribution in [2.45, 2.75) is 50.7 Å². The van der Waals surface area contributed by atoms with Crippen LogP contribution in [0.5, 0.6) is 0 Å². The number of aromatic nitrogens is 1. The molecule has 2 N–H and O–H groups in total. The molecule has 2 aromatic rings. The Morgan fingerprint density at radius 3 is 2.72 bits per heavy atom. The number of nitrogens with two attached hydrogens (primary N) is 1. The standard InChI is InChI=1S/C19H26N4O2/c1-13(19-21-15-5-2-3-7-17(15)25-19)22-11-8-14(9-12-22)23-10-4-6-16(23)18(20)24/h2-3,5,7,13-14,16H,4,6,8-12H2,1H3,(H2,20,24)/t13-,16-/m0/s1. The number of amides is 1. The number of hydrogen-bond donors (Lipinski definition) is 1. The fraction of sp³-hybridized carbons (Fsp3) is 0.579. The van der Waals surface area contributed by atoms with E-state index < -0.39 is 0 Å². The summed E-state index contributed by atoms with van der Waals surface area (Å²) in [6, 6.07) is 8.46. The minimum absolute atomic E-state index is 0.0639. The molecular weight excluding hydrogens is 316 g/mol. The van der Waals surface area contributed by atoms with Crippen molar-refractivity contribution in [1.82, 2.24) is 14.8 Å². The van der Waals surface area contributed by atoms with Gasteiger partial charge in [-0.05, 0) is 51.3 Å².